The maximum Gasteiger partial charge on any atom is 0.222 e. The van der Waals surface area contributed by atoms with Crippen LogP contribution in [0.1, 0.15) is 32.6 Å². The molecule has 1 fully saturated rings. The predicted molar refractivity (Wildman–Crippen MR) is 80.7 cm³/mol. The van der Waals surface area contributed by atoms with E-state index in [0.29, 0.717) is 19.0 Å². The first-order chi connectivity index (χ1) is 7.69. The second-order valence-electron chi connectivity index (χ2n) is 4.56. The first kappa shape index (κ1) is 20.3. The summed E-state index contributed by atoms with van der Waals surface area (Å²) in [5.74, 6) is 0.250. The third kappa shape index (κ3) is 6.23. The van der Waals surface area contributed by atoms with Gasteiger partial charge >= 0.3 is 0 Å². The fourth-order valence-electron chi connectivity index (χ4n) is 2.26. The monoisotopic (exact) mass is 299 g/mol. The Bertz CT molecular complexity index is 221. The van der Waals surface area contributed by atoms with E-state index in [4.69, 9.17) is 5.73 Å². The first-order valence-electron chi connectivity index (χ1n) is 6.37. The lowest BCUT2D eigenvalue weighted by atomic mass is 10.0. The van der Waals surface area contributed by atoms with E-state index in [0.717, 1.165) is 38.9 Å². The summed E-state index contributed by atoms with van der Waals surface area (Å²) in [6.07, 6.45) is 3.62. The molecule has 110 valence electrons. The Morgan fingerprint density at radius 3 is 2.33 bits per heavy atom. The summed E-state index contributed by atoms with van der Waals surface area (Å²) in [6.45, 7) is 6.16. The van der Waals surface area contributed by atoms with Gasteiger partial charge in [-0.2, -0.15) is 0 Å². The summed E-state index contributed by atoms with van der Waals surface area (Å²) < 4.78 is 0. The van der Waals surface area contributed by atoms with Crippen LogP contribution < -0.4 is 5.73 Å². The van der Waals surface area contributed by atoms with Crippen molar-refractivity contribution in [3.8, 4) is 0 Å². The third-order valence-corrected chi connectivity index (χ3v) is 3.54. The normalized spacial score (nSPS) is 16.6. The minimum Gasteiger partial charge on any atom is -0.343 e. The molecule has 0 aromatic carbocycles. The number of nitrogens with two attached hydrogens (primary N) is 1. The molecule has 1 aliphatic heterocycles. The van der Waals surface area contributed by atoms with E-state index in [-0.39, 0.29) is 30.7 Å². The molecule has 0 atom stereocenters. The van der Waals surface area contributed by atoms with Gasteiger partial charge in [-0.3, -0.25) is 4.79 Å². The highest BCUT2D eigenvalue weighted by molar-refractivity contribution is 5.85. The van der Waals surface area contributed by atoms with E-state index < -0.39 is 0 Å². The Morgan fingerprint density at radius 1 is 1.33 bits per heavy atom. The molecular weight excluding hydrogens is 273 g/mol. The molecule has 1 saturated heterocycles. The lowest BCUT2D eigenvalue weighted by Gasteiger charge is -2.36. The van der Waals surface area contributed by atoms with E-state index >= 15 is 0 Å². The maximum absolute atomic E-state index is 11.8. The van der Waals surface area contributed by atoms with E-state index in [1.165, 1.54) is 0 Å². The van der Waals surface area contributed by atoms with Crippen molar-refractivity contribution >= 4 is 30.7 Å². The number of carbonyl (C=O) groups excluding carboxylic acids is 1. The third-order valence-electron chi connectivity index (χ3n) is 3.54. The van der Waals surface area contributed by atoms with E-state index in [1.54, 1.807) is 0 Å². The second-order valence-corrected chi connectivity index (χ2v) is 4.56. The number of amides is 1. The first-order valence-corrected chi connectivity index (χ1v) is 6.37. The molecule has 0 aromatic rings. The zero-order chi connectivity index (χ0) is 12.0. The van der Waals surface area contributed by atoms with Crippen LogP contribution >= 0.6 is 24.8 Å². The molecule has 0 saturated carbocycles. The minimum absolute atomic E-state index is 0. The molecule has 6 heteroatoms. The zero-order valence-corrected chi connectivity index (χ0v) is 13.1. The number of hydrogen-bond donors (Lipinski definition) is 1. The van der Waals surface area contributed by atoms with Crippen molar-refractivity contribution in [2.75, 3.05) is 33.2 Å². The largest absolute Gasteiger partial charge is 0.343 e. The average molecular weight is 300 g/mol. The second kappa shape index (κ2) is 10.9. The van der Waals surface area contributed by atoms with Crippen molar-refractivity contribution in [1.29, 1.82) is 0 Å². The number of hydrogen-bond acceptors (Lipinski definition) is 3. The highest BCUT2D eigenvalue weighted by atomic mass is 35.5. The van der Waals surface area contributed by atoms with E-state index in [9.17, 15) is 4.79 Å². The van der Waals surface area contributed by atoms with Crippen LogP contribution in [0.5, 0.6) is 0 Å². The summed E-state index contributed by atoms with van der Waals surface area (Å²) in [5, 5.41) is 0. The highest BCUT2D eigenvalue weighted by Crippen LogP contribution is 2.16. The molecule has 18 heavy (non-hydrogen) atoms. The summed E-state index contributed by atoms with van der Waals surface area (Å²) in [5.41, 5.74) is 5.41. The predicted octanol–water partition coefficient (Wildman–Crippen LogP) is 1.51. The van der Waals surface area contributed by atoms with E-state index in [2.05, 4.69) is 11.8 Å². The summed E-state index contributed by atoms with van der Waals surface area (Å²) >= 11 is 0. The fourth-order valence-corrected chi connectivity index (χ4v) is 2.26. The van der Waals surface area contributed by atoms with Crippen LogP contribution in [0.2, 0.25) is 0 Å². The van der Waals surface area contributed by atoms with Crippen molar-refractivity contribution in [2.45, 2.75) is 38.6 Å². The molecule has 1 heterocycles. The van der Waals surface area contributed by atoms with Gasteiger partial charge in [0.05, 0.1) is 0 Å². The topological polar surface area (TPSA) is 49.6 Å². The van der Waals surface area contributed by atoms with Gasteiger partial charge < -0.3 is 15.5 Å². The Morgan fingerprint density at radius 2 is 1.89 bits per heavy atom. The van der Waals surface area contributed by atoms with Crippen LogP contribution in [-0.4, -0.2) is 55.0 Å². The molecule has 1 rings (SSSR count). The maximum atomic E-state index is 11.8. The number of carbonyl (C=O) groups is 1. The zero-order valence-electron chi connectivity index (χ0n) is 11.4. The minimum atomic E-state index is 0. The lowest BCUT2D eigenvalue weighted by molar-refractivity contribution is -0.132. The molecule has 1 aliphatic rings. The molecular formula is C12H27Cl2N3O. The molecule has 1 amide bonds. The van der Waals surface area contributed by atoms with Crippen molar-refractivity contribution in [3.05, 3.63) is 0 Å². The Hall–Kier alpha value is -0.0300. The number of likely N-dealkylation sites (tertiary alicyclic amines) is 1. The lowest BCUT2D eigenvalue weighted by Crippen LogP contribution is -2.45. The van der Waals surface area contributed by atoms with Gasteiger partial charge in [0.1, 0.15) is 0 Å². The molecule has 0 radical (unpaired) electrons. The van der Waals surface area contributed by atoms with Gasteiger partial charge in [0.15, 0.2) is 0 Å². The Balaban J connectivity index is 0. The van der Waals surface area contributed by atoms with E-state index in [1.807, 2.05) is 11.9 Å². The molecule has 0 aromatic heterocycles. The fraction of sp³-hybridized carbons (Fsp3) is 0.917. The van der Waals surface area contributed by atoms with Crippen LogP contribution in [0.3, 0.4) is 0 Å². The smallest absolute Gasteiger partial charge is 0.222 e. The van der Waals surface area contributed by atoms with Gasteiger partial charge in [-0.1, -0.05) is 6.92 Å². The van der Waals surface area contributed by atoms with Gasteiger partial charge in [0, 0.05) is 32.6 Å². The number of halogens is 2. The highest BCUT2D eigenvalue weighted by Gasteiger charge is 2.24. The van der Waals surface area contributed by atoms with Gasteiger partial charge in [-0.15, -0.1) is 24.8 Å². The van der Waals surface area contributed by atoms with Gasteiger partial charge in [0.2, 0.25) is 5.91 Å². The van der Waals surface area contributed by atoms with Gasteiger partial charge in [0.25, 0.3) is 0 Å². The van der Waals surface area contributed by atoms with Gasteiger partial charge in [-0.05, 0) is 32.4 Å². The Labute approximate surface area is 123 Å². The Kier molecular flexibility index (Phi) is 12.2. The summed E-state index contributed by atoms with van der Waals surface area (Å²) in [4.78, 5) is 16.2. The van der Waals surface area contributed by atoms with Crippen LogP contribution in [0.4, 0.5) is 0 Å². The molecule has 2 N–H and O–H groups in total. The van der Waals surface area contributed by atoms with Crippen molar-refractivity contribution in [3.63, 3.8) is 0 Å². The van der Waals surface area contributed by atoms with Crippen LogP contribution in [0.15, 0.2) is 0 Å². The van der Waals surface area contributed by atoms with Crippen molar-refractivity contribution in [2.24, 2.45) is 5.73 Å². The van der Waals surface area contributed by atoms with Gasteiger partial charge in [-0.25, -0.2) is 0 Å². The van der Waals surface area contributed by atoms with Crippen LogP contribution in [0, 0.1) is 0 Å². The molecule has 4 nitrogen and oxygen atoms in total. The molecule has 0 spiro atoms. The number of rotatable bonds is 5. The summed E-state index contributed by atoms with van der Waals surface area (Å²) in [7, 11) is 1.94. The van der Waals surface area contributed by atoms with Crippen LogP contribution in [-0.2, 0) is 4.79 Å². The average Bonchev–Trinajstić information content (AvgIpc) is 2.35. The molecule has 0 bridgehead atoms. The number of nitrogens with zero attached hydrogens (tertiary/aromatic N) is 2. The number of piperidine rings is 1. The molecule has 0 aliphatic carbocycles. The molecule has 0 unspecified atom stereocenters. The SMILES string of the molecule is CCN1CCC(N(C)C(=O)CCCN)CC1.Cl.Cl. The van der Waals surface area contributed by atoms with Crippen molar-refractivity contribution in [1.82, 2.24) is 9.80 Å². The summed E-state index contributed by atoms with van der Waals surface area (Å²) in [6, 6.07) is 0.438. The van der Waals surface area contributed by atoms with Crippen molar-refractivity contribution < 1.29 is 4.79 Å². The standard InChI is InChI=1S/C12H25N3O.2ClH/c1-3-15-9-6-11(7-10-15)14(2)12(16)5-4-8-13;;/h11H,3-10,13H2,1-2H3;2*1H. The quantitative estimate of drug-likeness (QED) is 0.837. The van der Waals surface area contributed by atoms with Crippen LogP contribution in [0.25, 0.3) is 0 Å².